The Morgan fingerprint density at radius 3 is 2.32 bits per heavy atom. The average Bonchev–Trinajstić information content (AvgIpc) is 2.65. The van der Waals surface area contributed by atoms with Gasteiger partial charge in [-0.25, -0.2) is 9.38 Å². The molecule has 5 nitrogen and oxygen atoms in total. The molecule has 0 spiro atoms. The summed E-state index contributed by atoms with van der Waals surface area (Å²) in [6, 6.07) is 10.9. The third-order valence-corrected chi connectivity index (χ3v) is 3.58. The Kier molecular flexibility index (Phi) is 10.5. The molecule has 0 atom stereocenters. The van der Waals surface area contributed by atoms with Gasteiger partial charge in [-0.05, 0) is 42.3 Å². The zero-order valence-electron chi connectivity index (χ0n) is 15.5. The minimum atomic E-state index is -2.94. The van der Waals surface area contributed by atoms with Crippen molar-refractivity contribution in [2.75, 3.05) is 13.7 Å². The van der Waals surface area contributed by atoms with Gasteiger partial charge in [0.2, 0.25) is 0 Å². The largest absolute Gasteiger partial charge is 0.493 e. The highest BCUT2D eigenvalue weighted by molar-refractivity contribution is 14.0. The van der Waals surface area contributed by atoms with Crippen LogP contribution in [0.5, 0.6) is 11.5 Å². The van der Waals surface area contributed by atoms with Crippen molar-refractivity contribution in [3.63, 3.8) is 0 Å². The van der Waals surface area contributed by atoms with Gasteiger partial charge < -0.3 is 20.1 Å². The Labute approximate surface area is 179 Å². The van der Waals surface area contributed by atoms with Gasteiger partial charge in [-0.2, -0.15) is 8.78 Å². The first-order valence-electron chi connectivity index (χ1n) is 8.40. The number of benzene rings is 2. The molecule has 154 valence electrons. The summed E-state index contributed by atoms with van der Waals surface area (Å²) in [5, 5.41) is 6.23. The lowest BCUT2D eigenvalue weighted by Crippen LogP contribution is -2.36. The maximum Gasteiger partial charge on any atom is 0.387 e. The second-order valence-electron chi connectivity index (χ2n) is 5.54. The first-order chi connectivity index (χ1) is 13.0. The van der Waals surface area contributed by atoms with Crippen LogP contribution in [-0.4, -0.2) is 26.2 Å². The Balaban J connectivity index is 0.00000392. The van der Waals surface area contributed by atoms with Gasteiger partial charge in [-0.15, -0.1) is 24.0 Å². The number of halogens is 4. The molecule has 0 aliphatic carbocycles. The van der Waals surface area contributed by atoms with Crippen LogP contribution in [0, 0.1) is 5.82 Å². The Hall–Kier alpha value is -2.17. The molecule has 0 aliphatic rings. The molecular weight excluding hydrogens is 486 g/mol. The maximum atomic E-state index is 13.0. The SMILES string of the molecule is CCNC(=NCc1ccc(OC)c(OC(F)F)c1)NCc1ccc(F)cc1.I. The second-order valence-corrected chi connectivity index (χ2v) is 5.54. The van der Waals surface area contributed by atoms with Crippen molar-refractivity contribution in [1.82, 2.24) is 10.6 Å². The summed E-state index contributed by atoms with van der Waals surface area (Å²) in [7, 11) is 1.38. The van der Waals surface area contributed by atoms with Crippen molar-refractivity contribution in [2.24, 2.45) is 4.99 Å². The number of alkyl halides is 2. The molecule has 0 bridgehead atoms. The van der Waals surface area contributed by atoms with Crippen molar-refractivity contribution in [1.29, 1.82) is 0 Å². The quantitative estimate of drug-likeness (QED) is 0.317. The molecular formula is C19H23F3IN3O2. The average molecular weight is 509 g/mol. The fraction of sp³-hybridized carbons (Fsp3) is 0.316. The van der Waals surface area contributed by atoms with Gasteiger partial charge in [0.05, 0.1) is 13.7 Å². The van der Waals surface area contributed by atoms with E-state index < -0.39 is 6.61 Å². The lowest BCUT2D eigenvalue weighted by molar-refractivity contribution is -0.0512. The number of rotatable bonds is 8. The van der Waals surface area contributed by atoms with Gasteiger partial charge in [0.15, 0.2) is 17.5 Å². The highest BCUT2D eigenvalue weighted by Crippen LogP contribution is 2.29. The molecule has 28 heavy (non-hydrogen) atoms. The van der Waals surface area contributed by atoms with Crippen molar-refractivity contribution < 1.29 is 22.6 Å². The van der Waals surface area contributed by atoms with Crippen LogP contribution in [-0.2, 0) is 13.1 Å². The molecule has 0 saturated heterocycles. The van der Waals surface area contributed by atoms with E-state index in [2.05, 4.69) is 20.4 Å². The van der Waals surface area contributed by atoms with Crippen LogP contribution in [0.3, 0.4) is 0 Å². The first-order valence-corrected chi connectivity index (χ1v) is 8.40. The lowest BCUT2D eigenvalue weighted by Gasteiger charge is -2.13. The van der Waals surface area contributed by atoms with E-state index in [0.29, 0.717) is 24.6 Å². The first kappa shape index (κ1) is 23.9. The summed E-state index contributed by atoms with van der Waals surface area (Å²) >= 11 is 0. The predicted octanol–water partition coefficient (Wildman–Crippen LogP) is 4.31. The van der Waals surface area contributed by atoms with Gasteiger partial charge in [0, 0.05) is 13.1 Å². The van der Waals surface area contributed by atoms with Crippen molar-refractivity contribution >= 4 is 29.9 Å². The number of nitrogens with zero attached hydrogens (tertiary/aromatic N) is 1. The molecule has 0 radical (unpaired) electrons. The van der Waals surface area contributed by atoms with Crippen LogP contribution in [0.4, 0.5) is 13.2 Å². The summed E-state index contributed by atoms with van der Waals surface area (Å²) in [6.07, 6.45) is 0. The Morgan fingerprint density at radius 2 is 1.71 bits per heavy atom. The maximum absolute atomic E-state index is 13.0. The monoisotopic (exact) mass is 509 g/mol. The normalized spacial score (nSPS) is 11.0. The standard InChI is InChI=1S/C19H22F3N3O2.HI/c1-3-23-19(24-11-13-4-7-15(20)8-5-13)25-12-14-6-9-16(26-2)17(10-14)27-18(21)22;/h4-10,18H,3,11-12H2,1-2H3,(H2,23,24,25);1H. The minimum absolute atomic E-state index is 0. The van der Waals surface area contributed by atoms with Crippen molar-refractivity contribution in [3.05, 3.63) is 59.4 Å². The fourth-order valence-electron chi connectivity index (χ4n) is 2.31. The van der Waals surface area contributed by atoms with E-state index >= 15 is 0 Å². The van der Waals surface area contributed by atoms with Crippen LogP contribution >= 0.6 is 24.0 Å². The molecule has 2 aromatic carbocycles. The highest BCUT2D eigenvalue weighted by atomic mass is 127. The molecule has 2 rings (SSSR count). The molecule has 0 saturated carbocycles. The molecule has 0 amide bonds. The minimum Gasteiger partial charge on any atom is -0.493 e. The van der Waals surface area contributed by atoms with E-state index in [1.807, 2.05) is 6.92 Å². The van der Waals surface area contributed by atoms with Crippen LogP contribution in [0.25, 0.3) is 0 Å². The fourth-order valence-corrected chi connectivity index (χ4v) is 2.31. The van der Waals surface area contributed by atoms with E-state index in [1.54, 1.807) is 24.3 Å². The zero-order chi connectivity index (χ0) is 19.6. The molecule has 0 aliphatic heterocycles. The second kappa shape index (κ2) is 12.3. The van der Waals surface area contributed by atoms with E-state index in [0.717, 1.165) is 5.56 Å². The van der Waals surface area contributed by atoms with E-state index in [-0.39, 0.29) is 47.8 Å². The van der Waals surface area contributed by atoms with Crippen LogP contribution in [0.15, 0.2) is 47.5 Å². The summed E-state index contributed by atoms with van der Waals surface area (Å²) in [5.41, 5.74) is 1.59. The number of guanidine groups is 1. The number of methoxy groups -OCH3 is 1. The molecule has 9 heteroatoms. The van der Waals surface area contributed by atoms with Crippen LogP contribution in [0.2, 0.25) is 0 Å². The van der Waals surface area contributed by atoms with E-state index in [4.69, 9.17) is 4.74 Å². The summed E-state index contributed by atoms with van der Waals surface area (Å²) in [6.45, 7) is 0.359. The van der Waals surface area contributed by atoms with Gasteiger partial charge >= 0.3 is 6.61 Å². The summed E-state index contributed by atoms with van der Waals surface area (Å²) in [5.74, 6) is 0.448. The number of aliphatic imine (C=N–C) groups is 1. The number of nitrogens with one attached hydrogen (secondary N) is 2. The van der Waals surface area contributed by atoms with Gasteiger partial charge in [-0.1, -0.05) is 18.2 Å². The lowest BCUT2D eigenvalue weighted by atomic mass is 10.2. The summed E-state index contributed by atoms with van der Waals surface area (Å²) < 4.78 is 47.5. The van der Waals surface area contributed by atoms with Gasteiger partial charge in [0.1, 0.15) is 5.82 Å². The van der Waals surface area contributed by atoms with Gasteiger partial charge in [0.25, 0.3) is 0 Å². The predicted molar refractivity (Wildman–Crippen MR) is 113 cm³/mol. The molecule has 2 N–H and O–H groups in total. The van der Waals surface area contributed by atoms with Crippen molar-refractivity contribution in [2.45, 2.75) is 26.6 Å². The van der Waals surface area contributed by atoms with E-state index in [1.165, 1.54) is 25.3 Å². The zero-order valence-corrected chi connectivity index (χ0v) is 17.9. The molecule has 0 fully saturated rings. The van der Waals surface area contributed by atoms with Crippen LogP contribution in [0.1, 0.15) is 18.1 Å². The van der Waals surface area contributed by atoms with Gasteiger partial charge in [-0.3, -0.25) is 0 Å². The number of hydrogen-bond donors (Lipinski definition) is 2. The number of ether oxygens (including phenoxy) is 2. The highest BCUT2D eigenvalue weighted by Gasteiger charge is 2.11. The molecule has 0 unspecified atom stereocenters. The molecule has 0 aromatic heterocycles. The number of hydrogen-bond acceptors (Lipinski definition) is 3. The molecule has 2 aromatic rings. The van der Waals surface area contributed by atoms with Crippen LogP contribution < -0.4 is 20.1 Å². The Morgan fingerprint density at radius 1 is 1.04 bits per heavy atom. The smallest absolute Gasteiger partial charge is 0.387 e. The summed E-state index contributed by atoms with van der Waals surface area (Å²) in [4.78, 5) is 4.43. The topological polar surface area (TPSA) is 54.9 Å². The Bertz CT molecular complexity index is 759. The van der Waals surface area contributed by atoms with E-state index in [9.17, 15) is 13.2 Å². The van der Waals surface area contributed by atoms with Crippen molar-refractivity contribution in [3.8, 4) is 11.5 Å². The molecule has 0 heterocycles. The third kappa shape index (κ3) is 7.83. The third-order valence-electron chi connectivity index (χ3n) is 3.58.